The lowest BCUT2D eigenvalue weighted by molar-refractivity contribution is -0.148. The molecule has 0 amide bonds. The van der Waals surface area contributed by atoms with Crippen LogP contribution in [0.3, 0.4) is 0 Å². The van der Waals surface area contributed by atoms with E-state index in [-0.39, 0.29) is 10.9 Å². The highest BCUT2D eigenvalue weighted by Gasteiger charge is 2.48. The number of halogens is 3. The molecule has 0 saturated carbocycles. The van der Waals surface area contributed by atoms with Crippen molar-refractivity contribution in [2.45, 2.75) is 35.5 Å². The summed E-state index contributed by atoms with van der Waals surface area (Å²) in [4.78, 5) is 0. The van der Waals surface area contributed by atoms with Crippen molar-refractivity contribution in [3.8, 4) is 11.4 Å². The van der Waals surface area contributed by atoms with Gasteiger partial charge in [-0.3, -0.25) is 0 Å². The van der Waals surface area contributed by atoms with Crippen LogP contribution in [0, 0.1) is 0 Å². The zero-order valence-electron chi connectivity index (χ0n) is 11.8. The molecule has 1 saturated heterocycles. The van der Waals surface area contributed by atoms with Gasteiger partial charge in [0.05, 0.1) is 11.8 Å². The summed E-state index contributed by atoms with van der Waals surface area (Å²) in [5, 5.41) is 18.4. The maximum atomic E-state index is 13.3. The second kappa shape index (κ2) is 6.36. The molecule has 1 fully saturated rings. The summed E-state index contributed by atoms with van der Waals surface area (Å²) >= 11 is 0.540. The third kappa shape index (κ3) is 3.58. The highest BCUT2D eigenvalue weighted by atomic mass is 32.2. The predicted molar refractivity (Wildman–Crippen MR) is 75.5 cm³/mol. The highest BCUT2D eigenvalue weighted by Crippen LogP contribution is 2.40. The van der Waals surface area contributed by atoms with Crippen molar-refractivity contribution >= 4 is 11.8 Å². The molecule has 0 bridgehead atoms. The molecule has 2 aromatic rings. The third-order valence-corrected chi connectivity index (χ3v) is 4.68. The van der Waals surface area contributed by atoms with Gasteiger partial charge in [0.15, 0.2) is 0 Å². The first-order valence-corrected chi connectivity index (χ1v) is 7.76. The van der Waals surface area contributed by atoms with Crippen LogP contribution in [0.1, 0.15) is 12.8 Å². The number of alkyl halides is 3. The minimum absolute atomic E-state index is 0.0218. The van der Waals surface area contributed by atoms with Crippen molar-refractivity contribution in [3.05, 3.63) is 24.3 Å². The average molecular weight is 346 g/mol. The van der Waals surface area contributed by atoms with Crippen LogP contribution >= 0.6 is 11.8 Å². The Morgan fingerprint density at radius 3 is 2.65 bits per heavy atom. The Labute approximate surface area is 133 Å². The number of phenolic OH excluding ortho intramolecular Hbond substituents is 1. The fourth-order valence-electron chi connectivity index (χ4n) is 2.32. The molecule has 2 atom stereocenters. The number of thioether (sulfide) groups is 1. The number of tetrazole rings is 1. The van der Waals surface area contributed by atoms with Crippen molar-refractivity contribution in [1.29, 1.82) is 0 Å². The van der Waals surface area contributed by atoms with E-state index in [0.717, 1.165) is 0 Å². The first kappa shape index (κ1) is 16.1. The number of phenols is 1. The lowest BCUT2D eigenvalue weighted by atomic mass is 10.2. The molecule has 10 heteroatoms. The van der Waals surface area contributed by atoms with E-state index < -0.39 is 17.5 Å². The summed E-state index contributed by atoms with van der Waals surface area (Å²) in [6.45, 7) is 0.334. The van der Waals surface area contributed by atoms with Crippen molar-refractivity contribution < 1.29 is 23.0 Å². The molecule has 124 valence electrons. The standard InChI is InChI=1S/C13H13F3N4O2S/c14-13(15,16)11(10-2-1-7-22-10)23-12-17-18-19-20(12)8-3-5-9(21)6-4-8/h3-6,10-11,21H,1-2,7H2/t10-,11-/m0/s1. The lowest BCUT2D eigenvalue weighted by Crippen LogP contribution is -2.37. The van der Waals surface area contributed by atoms with Crippen LogP contribution in [-0.2, 0) is 4.74 Å². The van der Waals surface area contributed by atoms with E-state index in [9.17, 15) is 18.3 Å². The molecule has 6 nitrogen and oxygen atoms in total. The monoisotopic (exact) mass is 346 g/mol. The quantitative estimate of drug-likeness (QED) is 0.858. The number of benzene rings is 1. The van der Waals surface area contributed by atoms with Gasteiger partial charge >= 0.3 is 6.18 Å². The van der Waals surface area contributed by atoms with E-state index in [2.05, 4.69) is 15.5 Å². The number of nitrogens with zero attached hydrogens (tertiary/aromatic N) is 4. The van der Waals surface area contributed by atoms with Crippen LogP contribution in [0.15, 0.2) is 29.4 Å². The Hall–Kier alpha value is -1.81. The Morgan fingerprint density at radius 1 is 1.30 bits per heavy atom. The summed E-state index contributed by atoms with van der Waals surface area (Å²) in [5.74, 6) is 0.0450. The first-order valence-electron chi connectivity index (χ1n) is 6.88. The smallest absolute Gasteiger partial charge is 0.403 e. The van der Waals surface area contributed by atoms with Gasteiger partial charge in [-0.1, -0.05) is 11.8 Å². The van der Waals surface area contributed by atoms with Crippen molar-refractivity contribution in [2.24, 2.45) is 0 Å². The summed E-state index contributed by atoms with van der Waals surface area (Å²) in [5.41, 5.74) is 0.462. The average Bonchev–Trinajstić information content (AvgIpc) is 3.16. The fraction of sp³-hybridized carbons (Fsp3) is 0.462. The molecule has 0 unspecified atom stereocenters. The summed E-state index contributed by atoms with van der Waals surface area (Å²) in [6.07, 6.45) is -4.35. The zero-order chi connectivity index (χ0) is 16.4. The summed E-state index contributed by atoms with van der Waals surface area (Å²) in [6, 6.07) is 5.86. The van der Waals surface area contributed by atoms with Gasteiger partial charge in [-0.15, -0.1) is 5.10 Å². The zero-order valence-corrected chi connectivity index (χ0v) is 12.6. The van der Waals surface area contributed by atoms with Gasteiger partial charge in [-0.25, -0.2) is 0 Å². The van der Waals surface area contributed by atoms with Crippen molar-refractivity contribution in [2.75, 3.05) is 6.61 Å². The van der Waals surface area contributed by atoms with Crippen LogP contribution in [-0.4, -0.2) is 49.5 Å². The predicted octanol–water partition coefficient (Wildman–Crippen LogP) is 2.57. The van der Waals surface area contributed by atoms with Gasteiger partial charge in [0.25, 0.3) is 0 Å². The number of hydrogen-bond donors (Lipinski definition) is 1. The normalized spacial score (nSPS) is 19.9. The number of rotatable bonds is 4. The number of aromatic nitrogens is 4. The third-order valence-electron chi connectivity index (χ3n) is 3.39. The maximum Gasteiger partial charge on any atom is 0.403 e. The van der Waals surface area contributed by atoms with E-state index in [0.29, 0.717) is 36.9 Å². The Kier molecular flexibility index (Phi) is 4.44. The van der Waals surface area contributed by atoms with Crippen LogP contribution in [0.2, 0.25) is 0 Å². The SMILES string of the molecule is Oc1ccc(-n2nnnc2S[C@@H]([C@@H]2CCCO2)C(F)(F)F)cc1. The molecule has 0 spiro atoms. The van der Waals surface area contributed by atoms with E-state index >= 15 is 0 Å². The van der Waals surface area contributed by atoms with Gasteiger partial charge in [-0.2, -0.15) is 17.9 Å². The molecule has 1 aliphatic heterocycles. The molecule has 3 rings (SSSR count). The molecule has 2 heterocycles. The highest BCUT2D eigenvalue weighted by molar-refractivity contribution is 7.99. The van der Waals surface area contributed by atoms with Gasteiger partial charge in [0, 0.05) is 6.61 Å². The lowest BCUT2D eigenvalue weighted by Gasteiger charge is -2.24. The molecular formula is C13H13F3N4O2S. The van der Waals surface area contributed by atoms with Crippen LogP contribution in [0.25, 0.3) is 5.69 Å². The van der Waals surface area contributed by atoms with Crippen LogP contribution in [0.4, 0.5) is 13.2 Å². The van der Waals surface area contributed by atoms with Gasteiger partial charge in [-0.05, 0) is 47.5 Å². The molecule has 23 heavy (non-hydrogen) atoms. The Balaban J connectivity index is 1.86. The molecule has 1 aliphatic rings. The van der Waals surface area contributed by atoms with Gasteiger partial charge in [0.1, 0.15) is 11.0 Å². The van der Waals surface area contributed by atoms with Gasteiger partial charge < -0.3 is 9.84 Å². The number of ether oxygens (including phenoxy) is 1. The second-order valence-electron chi connectivity index (χ2n) is 5.02. The molecule has 1 aromatic carbocycles. The van der Waals surface area contributed by atoms with Gasteiger partial charge in [0.2, 0.25) is 5.16 Å². The molecule has 1 aromatic heterocycles. The molecule has 1 N–H and O–H groups in total. The number of hydrogen-bond acceptors (Lipinski definition) is 6. The molecular weight excluding hydrogens is 333 g/mol. The second-order valence-corrected chi connectivity index (χ2v) is 6.13. The minimum atomic E-state index is -4.43. The van der Waals surface area contributed by atoms with Crippen molar-refractivity contribution in [3.63, 3.8) is 0 Å². The fourth-order valence-corrected chi connectivity index (χ4v) is 3.37. The van der Waals surface area contributed by atoms with E-state index in [1.165, 1.54) is 28.9 Å². The Morgan fingerprint density at radius 2 is 2.04 bits per heavy atom. The summed E-state index contributed by atoms with van der Waals surface area (Å²) < 4.78 is 46.4. The van der Waals surface area contributed by atoms with E-state index in [4.69, 9.17) is 4.74 Å². The first-order chi connectivity index (χ1) is 10.9. The molecule has 0 radical (unpaired) electrons. The Bertz CT molecular complexity index is 656. The minimum Gasteiger partial charge on any atom is -0.508 e. The molecule has 0 aliphatic carbocycles. The van der Waals surface area contributed by atoms with E-state index in [1.807, 2.05) is 0 Å². The maximum absolute atomic E-state index is 13.3. The van der Waals surface area contributed by atoms with Crippen molar-refractivity contribution in [1.82, 2.24) is 20.2 Å². The number of aromatic hydroxyl groups is 1. The topological polar surface area (TPSA) is 73.1 Å². The van der Waals surface area contributed by atoms with Crippen LogP contribution in [0.5, 0.6) is 5.75 Å². The van der Waals surface area contributed by atoms with Crippen LogP contribution < -0.4 is 0 Å². The largest absolute Gasteiger partial charge is 0.508 e. The summed E-state index contributed by atoms with van der Waals surface area (Å²) in [7, 11) is 0. The van der Waals surface area contributed by atoms with E-state index in [1.54, 1.807) is 0 Å².